The zero-order chi connectivity index (χ0) is 17.7. The molecule has 1 atom stereocenters. The van der Waals surface area contributed by atoms with Crippen molar-refractivity contribution in [2.45, 2.75) is 30.5 Å². The quantitative estimate of drug-likeness (QED) is 0.838. The minimum atomic E-state index is -3.42. The molecule has 2 aromatic carbocycles. The van der Waals surface area contributed by atoms with Crippen LogP contribution in [0, 0.1) is 6.92 Å². The number of rotatable bonds is 6. The number of aliphatic hydroxyl groups excluding tert-OH is 1. The maximum Gasteiger partial charge on any atom is 0.251 e. The van der Waals surface area contributed by atoms with Gasteiger partial charge in [-0.1, -0.05) is 29.8 Å². The fourth-order valence-electron chi connectivity index (χ4n) is 2.15. The first-order chi connectivity index (χ1) is 11.3. The molecule has 2 N–H and O–H groups in total. The van der Waals surface area contributed by atoms with E-state index in [0.717, 1.165) is 5.56 Å². The van der Waals surface area contributed by atoms with Gasteiger partial charge in [0.15, 0.2) is 9.84 Å². The van der Waals surface area contributed by atoms with Crippen molar-refractivity contribution in [3.05, 3.63) is 65.2 Å². The average molecular weight is 347 g/mol. The van der Waals surface area contributed by atoms with Gasteiger partial charge in [0, 0.05) is 11.6 Å². The number of sulfone groups is 1. The molecule has 0 saturated carbocycles. The molecule has 24 heavy (non-hydrogen) atoms. The number of aryl methyl sites for hydroxylation is 1. The van der Waals surface area contributed by atoms with E-state index in [1.54, 1.807) is 55.5 Å². The van der Waals surface area contributed by atoms with Gasteiger partial charge in [0.1, 0.15) is 0 Å². The normalized spacial score (nSPS) is 12.6. The van der Waals surface area contributed by atoms with E-state index < -0.39 is 9.84 Å². The molecule has 5 nitrogen and oxygen atoms in total. The number of nitrogens with one attached hydrogen (secondary N) is 1. The van der Waals surface area contributed by atoms with E-state index in [1.807, 2.05) is 6.92 Å². The van der Waals surface area contributed by atoms with Crippen molar-refractivity contribution in [2.75, 3.05) is 6.61 Å². The van der Waals surface area contributed by atoms with Crippen LogP contribution in [0.25, 0.3) is 0 Å². The van der Waals surface area contributed by atoms with Gasteiger partial charge in [0.05, 0.1) is 17.3 Å². The molecule has 0 fully saturated rings. The van der Waals surface area contributed by atoms with Crippen LogP contribution in [0.1, 0.15) is 28.4 Å². The minimum absolute atomic E-state index is 0.120. The highest BCUT2D eigenvalue weighted by atomic mass is 32.2. The molecule has 2 aromatic rings. The molecule has 2 rings (SSSR count). The smallest absolute Gasteiger partial charge is 0.251 e. The summed E-state index contributed by atoms with van der Waals surface area (Å²) >= 11 is 0. The molecule has 0 aliphatic carbocycles. The lowest BCUT2D eigenvalue weighted by Gasteiger charge is -2.11. The standard InChI is InChI=1S/C18H21NO4S/c1-13-3-9-17(10-4-13)24(22,23)12-15-5-7-16(8-6-15)18(21)19-14(2)11-20/h3-10,14,20H,11-12H2,1-2H3,(H,19,21). The molecule has 0 bridgehead atoms. The van der Waals surface area contributed by atoms with Gasteiger partial charge in [-0.05, 0) is 43.7 Å². The number of carbonyl (C=O) groups is 1. The van der Waals surface area contributed by atoms with Gasteiger partial charge in [-0.2, -0.15) is 0 Å². The first-order valence-corrected chi connectivity index (χ1v) is 9.27. The summed E-state index contributed by atoms with van der Waals surface area (Å²) in [6.07, 6.45) is 0. The highest BCUT2D eigenvalue weighted by Crippen LogP contribution is 2.17. The molecule has 0 aliphatic heterocycles. The molecule has 0 radical (unpaired) electrons. The molecule has 0 saturated heterocycles. The van der Waals surface area contributed by atoms with E-state index in [0.29, 0.717) is 11.1 Å². The number of benzene rings is 2. The molecule has 128 valence electrons. The Kier molecular flexibility index (Phi) is 5.75. The fourth-order valence-corrected chi connectivity index (χ4v) is 3.50. The Morgan fingerprint density at radius 2 is 1.67 bits per heavy atom. The Morgan fingerprint density at radius 3 is 2.21 bits per heavy atom. The summed E-state index contributed by atoms with van der Waals surface area (Å²) in [5.41, 5.74) is 2.04. The summed E-state index contributed by atoms with van der Waals surface area (Å²) < 4.78 is 24.8. The summed E-state index contributed by atoms with van der Waals surface area (Å²) in [7, 11) is -3.42. The van der Waals surface area contributed by atoms with Crippen molar-refractivity contribution in [1.29, 1.82) is 0 Å². The van der Waals surface area contributed by atoms with Gasteiger partial charge < -0.3 is 10.4 Å². The Bertz CT molecular complexity index is 796. The third-order valence-electron chi connectivity index (χ3n) is 3.60. The first-order valence-electron chi connectivity index (χ1n) is 7.62. The van der Waals surface area contributed by atoms with E-state index in [9.17, 15) is 13.2 Å². The summed E-state index contributed by atoms with van der Waals surface area (Å²) in [5, 5.41) is 11.6. The van der Waals surface area contributed by atoms with Crippen LogP contribution in [0.15, 0.2) is 53.4 Å². The molecule has 1 unspecified atom stereocenters. The first kappa shape index (κ1) is 18.2. The third-order valence-corrected chi connectivity index (χ3v) is 5.31. The summed E-state index contributed by atoms with van der Waals surface area (Å²) in [5.74, 6) is -0.421. The van der Waals surface area contributed by atoms with Gasteiger partial charge >= 0.3 is 0 Å². The van der Waals surface area contributed by atoms with E-state index in [2.05, 4.69) is 5.32 Å². The van der Waals surface area contributed by atoms with Crippen molar-refractivity contribution in [2.24, 2.45) is 0 Å². The number of hydrogen-bond acceptors (Lipinski definition) is 4. The second-order valence-corrected chi connectivity index (χ2v) is 7.82. The lowest BCUT2D eigenvalue weighted by Crippen LogP contribution is -2.34. The highest BCUT2D eigenvalue weighted by molar-refractivity contribution is 7.90. The topological polar surface area (TPSA) is 83.5 Å². The highest BCUT2D eigenvalue weighted by Gasteiger charge is 2.16. The lowest BCUT2D eigenvalue weighted by molar-refractivity contribution is 0.0922. The maximum atomic E-state index is 12.4. The second kappa shape index (κ2) is 7.59. The molecule has 1 amide bonds. The predicted octanol–water partition coefficient (Wildman–Crippen LogP) is 2.08. The Morgan fingerprint density at radius 1 is 1.08 bits per heavy atom. The van der Waals surface area contributed by atoms with Crippen LogP contribution in [0.5, 0.6) is 0 Å². The Labute approximate surface area is 142 Å². The van der Waals surface area contributed by atoms with Gasteiger partial charge in [-0.25, -0.2) is 8.42 Å². The van der Waals surface area contributed by atoms with E-state index >= 15 is 0 Å². The average Bonchev–Trinajstić information content (AvgIpc) is 2.55. The largest absolute Gasteiger partial charge is 0.394 e. The number of aliphatic hydroxyl groups is 1. The molecule has 0 aliphatic rings. The van der Waals surface area contributed by atoms with Crippen molar-refractivity contribution >= 4 is 15.7 Å². The van der Waals surface area contributed by atoms with Crippen LogP contribution in [0.2, 0.25) is 0 Å². The van der Waals surface area contributed by atoms with E-state index in [1.165, 1.54) is 0 Å². The van der Waals surface area contributed by atoms with Crippen LogP contribution in [0.4, 0.5) is 0 Å². The maximum absolute atomic E-state index is 12.4. The van der Waals surface area contributed by atoms with Crippen molar-refractivity contribution in [1.82, 2.24) is 5.32 Å². The zero-order valence-electron chi connectivity index (χ0n) is 13.7. The van der Waals surface area contributed by atoms with Gasteiger partial charge in [0.25, 0.3) is 5.91 Å². The van der Waals surface area contributed by atoms with Crippen LogP contribution in [-0.4, -0.2) is 32.1 Å². The van der Waals surface area contributed by atoms with Crippen LogP contribution >= 0.6 is 0 Å². The SMILES string of the molecule is Cc1ccc(S(=O)(=O)Cc2ccc(C(=O)NC(C)CO)cc2)cc1. The van der Waals surface area contributed by atoms with Crippen molar-refractivity contribution in [3.63, 3.8) is 0 Å². The van der Waals surface area contributed by atoms with Crippen LogP contribution in [-0.2, 0) is 15.6 Å². The zero-order valence-corrected chi connectivity index (χ0v) is 14.5. The summed E-state index contributed by atoms with van der Waals surface area (Å²) in [6.45, 7) is 3.46. The molecule has 6 heteroatoms. The molecule has 0 aromatic heterocycles. The monoisotopic (exact) mass is 347 g/mol. The van der Waals surface area contributed by atoms with E-state index in [4.69, 9.17) is 5.11 Å². The third kappa shape index (κ3) is 4.66. The van der Waals surface area contributed by atoms with Gasteiger partial charge in [-0.3, -0.25) is 4.79 Å². The van der Waals surface area contributed by atoms with Crippen LogP contribution in [0.3, 0.4) is 0 Å². The van der Waals surface area contributed by atoms with Crippen molar-refractivity contribution in [3.8, 4) is 0 Å². The Balaban J connectivity index is 2.11. The minimum Gasteiger partial charge on any atom is -0.394 e. The summed E-state index contributed by atoms with van der Waals surface area (Å²) in [6, 6.07) is 12.8. The summed E-state index contributed by atoms with van der Waals surface area (Å²) in [4.78, 5) is 12.2. The number of amides is 1. The number of hydrogen-bond donors (Lipinski definition) is 2. The van der Waals surface area contributed by atoms with Crippen LogP contribution < -0.4 is 5.32 Å². The molecular weight excluding hydrogens is 326 g/mol. The number of carbonyl (C=O) groups excluding carboxylic acids is 1. The molecular formula is C18H21NO4S. The van der Waals surface area contributed by atoms with E-state index in [-0.39, 0.29) is 29.2 Å². The second-order valence-electron chi connectivity index (χ2n) is 5.83. The molecule has 0 heterocycles. The Hall–Kier alpha value is -2.18. The fraction of sp³-hybridized carbons (Fsp3) is 0.278. The molecule has 0 spiro atoms. The van der Waals surface area contributed by atoms with Gasteiger partial charge in [-0.15, -0.1) is 0 Å². The van der Waals surface area contributed by atoms with Gasteiger partial charge in [0.2, 0.25) is 0 Å². The predicted molar refractivity (Wildman–Crippen MR) is 92.5 cm³/mol. The lowest BCUT2D eigenvalue weighted by atomic mass is 10.1. The van der Waals surface area contributed by atoms with Crippen molar-refractivity contribution < 1.29 is 18.3 Å².